The molecular weight excluding hydrogens is 219 g/mol. The molecule has 0 spiro atoms. The van der Waals surface area contributed by atoms with E-state index in [4.69, 9.17) is 23.2 Å². The molecule has 82 valence electrons. The molecule has 3 heteroatoms. The number of alkyl halides is 2. The summed E-state index contributed by atoms with van der Waals surface area (Å²) in [7, 11) is 0. The van der Waals surface area contributed by atoms with Gasteiger partial charge >= 0.3 is 0 Å². The molecular formula is C11H18Cl2O. The van der Waals surface area contributed by atoms with Crippen LogP contribution >= 0.6 is 23.2 Å². The summed E-state index contributed by atoms with van der Waals surface area (Å²) in [4.78, 5) is 11.4. The fourth-order valence-corrected chi connectivity index (χ4v) is 1.65. The summed E-state index contributed by atoms with van der Waals surface area (Å²) >= 11 is 11.8. The van der Waals surface area contributed by atoms with Crippen LogP contribution in [0.4, 0.5) is 0 Å². The maximum absolute atomic E-state index is 11.4. The van der Waals surface area contributed by atoms with E-state index in [-0.39, 0.29) is 16.5 Å². The van der Waals surface area contributed by atoms with E-state index in [2.05, 4.69) is 6.92 Å². The van der Waals surface area contributed by atoms with E-state index in [9.17, 15) is 4.79 Å². The van der Waals surface area contributed by atoms with Crippen LogP contribution in [0.3, 0.4) is 0 Å². The Hall–Kier alpha value is -0.0100. The number of allylic oxidation sites excluding steroid dienone is 2. The zero-order chi connectivity index (χ0) is 11.0. The maximum Gasteiger partial charge on any atom is 0.173 e. The quantitative estimate of drug-likeness (QED) is 0.484. The number of carbonyl (C=O) groups excluding carboxylic acids is 1. The van der Waals surface area contributed by atoms with Gasteiger partial charge < -0.3 is 0 Å². The monoisotopic (exact) mass is 236 g/mol. The van der Waals surface area contributed by atoms with E-state index in [1.165, 1.54) is 6.08 Å². The van der Waals surface area contributed by atoms with E-state index in [1.807, 2.05) is 6.92 Å². The van der Waals surface area contributed by atoms with Gasteiger partial charge in [0.25, 0.3) is 0 Å². The Morgan fingerprint density at radius 2 is 1.79 bits per heavy atom. The smallest absolute Gasteiger partial charge is 0.173 e. The van der Waals surface area contributed by atoms with Crippen molar-refractivity contribution in [2.75, 3.05) is 0 Å². The highest BCUT2D eigenvalue weighted by Gasteiger charge is 2.10. The number of ketones is 1. The molecule has 0 rings (SSSR count). The molecule has 0 aromatic heterocycles. The number of rotatable bonds is 7. The Morgan fingerprint density at radius 3 is 2.29 bits per heavy atom. The first-order valence-corrected chi connectivity index (χ1v) is 5.99. The number of carbonyl (C=O) groups is 1. The van der Waals surface area contributed by atoms with E-state index < -0.39 is 0 Å². The lowest BCUT2D eigenvalue weighted by Crippen LogP contribution is -2.11. The summed E-state index contributed by atoms with van der Waals surface area (Å²) in [5.41, 5.74) is 0. The van der Waals surface area contributed by atoms with Crippen LogP contribution in [0.1, 0.15) is 39.5 Å². The number of hydrogen-bond donors (Lipinski definition) is 0. The van der Waals surface area contributed by atoms with Gasteiger partial charge in [0.15, 0.2) is 5.78 Å². The van der Waals surface area contributed by atoms with Crippen molar-refractivity contribution in [3.8, 4) is 0 Å². The van der Waals surface area contributed by atoms with Crippen molar-refractivity contribution >= 4 is 29.0 Å². The van der Waals surface area contributed by atoms with E-state index in [0.717, 1.165) is 25.7 Å². The third-order valence-electron chi connectivity index (χ3n) is 1.88. The highest BCUT2D eigenvalue weighted by Crippen LogP contribution is 2.10. The largest absolute Gasteiger partial charge is 0.293 e. The molecule has 0 saturated carbocycles. The summed E-state index contributed by atoms with van der Waals surface area (Å²) in [5.74, 6) is -0.0322. The van der Waals surface area contributed by atoms with E-state index >= 15 is 0 Å². The Kier molecular flexibility index (Phi) is 8.30. The molecule has 0 aliphatic heterocycles. The third kappa shape index (κ3) is 6.44. The molecule has 0 fully saturated rings. The molecule has 14 heavy (non-hydrogen) atoms. The Morgan fingerprint density at radius 1 is 1.21 bits per heavy atom. The van der Waals surface area contributed by atoms with Crippen molar-refractivity contribution < 1.29 is 4.79 Å². The minimum Gasteiger partial charge on any atom is -0.293 e. The van der Waals surface area contributed by atoms with Gasteiger partial charge in [-0.3, -0.25) is 4.79 Å². The predicted octanol–water partition coefficient (Wildman–Crippen LogP) is 3.93. The second-order valence-corrected chi connectivity index (χ2v) is 4.41. The summed E-state index contributed by atoms with van der Waals surface area (Å²) in [6, 6.07) is 0. The third-order valence-corrected chi connectivity index (χ3v) is 2.68. The van der Waals surface area contributed by atoms with Gasteiger partial charge in [0.2, 0.25) is 0 Å². The number of hydrogen-bond acceptors (Lipinski definition) is 1. The molecule has 0 saturated heterocycles. The fraction of sp³-hybridized carbons (Fsp3) is 0.727. The Bertz CT molecular complexity index is 190. The molecule has 0 amide bonds. The minimum absolute atomic E-state index is 0.0322. The Labute approximate surface area is 96.5 Å². The van der Waals surface area contributed by atoms with Crippen molar-refractivity contribution in [1.29, 1.82) is 0 Å². The first-order valence-electron chi connectivity index (χ1n) is 5.12. The molecule has 0 aromatic carbocycles. The molecule has 0 heterocycles. The number of halogens is 2. The zero-order valence-corrected chi connectivity index (χ0v) is 10.3. The van der Waals surface area contributed by atoms with Crippen LogP contribution in [-0.2, 0) is 4.79 Å². The molecule has 0 bridgehead atoms. The van der Waals surface area contributed by atoms with Gasteiger partial charge in [0.05, 0.1) is 10.8 Å². The normalized spacial score (nSPS) is 15.7. The topological polar surface area (TPSA) is 17.1 Å². The van der Waals surface area contributed by atoms with Crippen LogP contribution in [0.25, 0.3) is 0 Å². The standard InChI is InChI=1S/C11H18Cl2O/c1-3-5-9(12)7-8-11(14)10(13)6-4-2/h7-10H,3-6H2,1-2H3. The SMILES string of the molecule is CCCC(Cl)C=CC(=O)C(Cl)CCC. The second-order valence-electron chi connectivity index (χ2n) is 3.32. The minimum atomic E-state index is -0.387. The molecule has 2 unspecified atom stereocenters. The van der Waals surface area contributed by atoms with Crippen LogP contribution < -0.4 is 0 Å². The molecule has 0 aliphatic carbocycles. The van der Waals surface area contributed by atoms with Crippen LogP contribution in [-0.4, -0.2) is 16.5 Å². The van der Waals surface area contributed by atoms with Gasteiger partial charge in [-0.1, -0.05) is 32.8 Å². The highest BCUT2D eigenvalue weighted by atomic mass is 35.5. The molecule has 0 aliphatic rings. The average Bonchev–Trinajstić information content (AvgIpc) is 2.15. The summed E-state index contributed by atoms with van der Waals surface area (Å²) < 4.78 is 0. The Balaban J connectivity index is 3.91. The molecule has 0 N–H and O–H groups in total. The summed E-state index contributed by atoms with van der Waals surface area (Å²) in [5, 5.41) is -0.434. The lowest BCUT2D eigenvalue weighted by molar-refractivity contribution is -0.114. The van der Waals surface area contributed by atoms with Crippen LogP contribution in [0.15, 0.2) is 12.2 Å². The first kappa shape index (κ1) is 14.0. The van der Waals surface area contributed by atoms with Gasteiger partial charge in [0, 0.05) is 0 Å². The van der Waals surface area contributed by atoms with E-state index in [0.29, 0.717) is 0 Å². The van der Waals surface area contributed by atoms with Gasteiger partial charge in [-0.25, -0.2) is 0 Å². The lowest BCUT2D eigenvalue weighted by Gasteiger charge is -2.03. The molecule has 0 radical (unpaired) electrons. The zero-order valence-electron chi connectivity index (χ0n) is 8.80. The van der Waals surface area contributed by atoms with E-state index in [1.54, 1.807) is 6.08 Å². The van der Waals surface area contributed by atoms with Crippen LogP contribution in [0, 0.1) is 0 Å². The van der Waals surface area contributed by atoms with Crippen LogP contribution in [0.5, 0.6) is 0 Å². The average molecular weight is 237 g/mol. The molecule has 2 atom stereocenters. The van der Waals surface area contributed by atoms with Gasteiger partial charge in [-0.15, -0.1) is 23.2 Å². The summed E-state index contributed by atoms with van der Waals surface area (Å²) in [6.45, 7) is 4.07. The van der Waals surface area contributed by atoms with Gasteiger partial charge in [0.1, 0.15) is 0 Å². The van der Waals surface area contributed by atoms with Crippen molar-refractivity contribution in [3.63, 3.8) is 0 Å². The van der Waals surface area contributed by atoms with Crippen molar-refractivity contribution in [3.05, 3.63) is 12.2 Å². The van der Waals surface area contributed by atoms with Crippen molar-refractivity contribution in [2.24, 2.45) is 0 Å². The fourth-order valence-electron chi connectivity index (χ4n) is 1.07. The lowest BCUT2D eigenvalue weighted by atomic mass is 10.1. The predicted molar refractivity (Wildman–Crippen MR) is 63.2 cm³/mol. The molecule has 0 aromatic rings. The van der Waals surface area contributed by atoms with Crippen LogP contribution in [0.2, 0.25) is 0 Å². The first-order chi connectivity index (χ1) is 6.61. The van der Waals surface area contributed by atoms with Crippen molar-refractivity contribution in [2.45, 2.75) is 50.3 Å². The van der Waals surface area contributed by atoms with Gasteiger partial charge in [-0.05, 0) is 18.9 Å². The highest BCUT2D eigenvalue weighted by molar-refractivity contribution is 6.33. The molecule has 1 nitrogen and oxygen atoms in total. The van der Waals surface area contributed by atoms with Crippen molar-refractivity contribution in [1.82, 2.24) is 0 Å². The van der Waals surface area contributed by atoms with Gasteiger partial charge in [-0.2, -0.15) is 0 Å². The second kappa shape index (κ2) is 8.31. The summed E-state index contributed by atoms with van der Waals surface area (Å²) in [6.07, 6.45) is 6.82. The maximum atomic E-state index is 11.4.